The number of amides is 2. The van der Waals surface area contributed by atoms with Crippen molar-refractivity contribution < 1.29 is 9.59 Å². The maximum Gasteiger partial charge on any atom is 0.247 e. The summed E-state index contributed by atoms with van der Waals surface area (Å²) in [6, 6.07) is 9.58. The molecule has 0 saturated carbocycles. The average Bonchev–Trinajstić information content (AvgIpc) is 2.54. The van der Waals surface area contributed by atoms with Crippen LogP contribution in [0.5, 0.6) is 0 Å². The number of rotatable bonds is 6. The van der Waals surface area contributed by atoms with Crippen molar-refractivity contribution >= 4 is 23.4 Å². The molecule has 2 aromatic rings. The second-order valence-electron chi connectivity index (χ2n) is 5.35. The van der Waals surface area contributed by atoms with Crippen LogP contribution in [0.2, 0.25) is 5.02 Å². The number of aromatic amines is 1. The third kappa shape index (κ3) is 5.55. The zero-order chi connectivity index (χ0) is 17.5. The molecule has 126 valence electrons. The predicted molar refractivity (Wildman–Crippen MR) is 91.5 cm³/mol. The molecular weight excluding hydrogens is 330 g/mol. The Bertz CT molecular complexity index is 751. The van der Waals surface area contributed by atoms with Gasteiger partial charge < -0.3 is 15.6 Å². The molecule has 0 radical (unpaired) electrons. The molecule has 1 aromatic heterocycles. The summed E-state index contributed by atoms with van der Waals surface area (Å²) in [7, 11) is 0. The van der Waals surface area contributed by atoms with Crippen molar-refractivity contribution in [2.24, 2.45) is 0 Å². The van der Waals surface area contributed by atoms with Crippen molar-refractivity contribution in [2.75, 3.05) is 0 Å². The Morgan fingerprint density at radius 3 is 2.46 bits per heavy atom. The van der Waals surface area contributed by atoms with E-state index in [0.717, 1.165) is 11.1 Å². The van der Waals surface area contributed by atoms with E-state index in [4.69, 9.17) is 11.6 Å². The summed E-state index contributed by atoms with van der Waals surface area (Å²) in [6.07, 6.45) is 1.65. The number of halogens is 1. The normalized spacial score (nSPS) is 11.6. The Labute approximate surface area is 144 Å². The van der Waals surface area contributed by atoms with Gasteiger partial charge in [-0.1, -0.05) is 29.8 Å². The van der Waals surface area contributed by atoms with Crippen LogP contribution in [0.15, 0.2) is 47.4 Å². The van der Waals surface area contributed by atoms with Crippen molar-refractivity contribution in [3.8, 4) is 0 Å². The third-order valence-electron chi connectivity index (χ3n) is 3.38. The number of nitrogens with one attached hydrogen (secondary N) is 3. The van der Waals surface area contributed by atoms with Crippen LogP contribution in [0, 0.1) is 0 Å². The van der Waals surface area contributed by atoms with Crippen molar-refractivity contribution in [1.29, 1.82) is 0 Å². The highest BCUT2D eigenvalue weighted by atomic mass is 35.5. The Hall–Kier alpha value is -2.60. The molecule has 0 fully saturated rings. The molecular formula is C17H18ClN3O3. The van der Waals surface area contributed by atoms with Crippen molar-refractivity contribution in [2.45, 2.75) is 25.9 Å². The van der Waals surface area contributed by atoms with Gasteiger partial charge in [-0.15, -0.1) is 0 Å². The molecule has 0 aliphatic carbocycles. The number of carbonyl (C=O) groups excluding carboxylic acids is 2. The maximum atomic E-state index is 12.2. The molecule has 24 heavy (non-hydrogen) atoms. The lowest BCUT2D eigenvalue weighted by atomic mass is 10.0. The topological polar surface area (TPSA) is 91.1 Å². The Morgan fingerprint density at radius 2 is 1.88 bits per heavy atom. The van der Waals surface area contributed by atoms with E-state index in [1.807, 2.05) is 0 Å². The van der Waals surface area contributed by atoms with Gasteiger partial charge in [-0.3, -0.25) is 14.4 Å². The second-order valence-corrected chi connectivity index (χ2v) is 5.78. The zero-order valence-electron chi connectivity index (χ0n) is 13.1. The molecule has 3 N–H and O–H groups in total. The highest BCUT2D eigenvalue weighted by Gasteiger charge is 2.17. The number of pyridine rings is 1. The molecule has 0 aliphatic heterocycles. The molecule has 1 heterocycles. The lowest BCUT2D eigenvalue weighted by molar-refractivity contribution is -0.122. The second kappa shape index (κ2) is 8.31. The van der Waals surface area contributed by atoms with Crippen LogP contribution >= 0.6 is 11.6 Å². The van der Waals surface area contributed by atoms with Gasteiger partial charge >= 0.3 is 0 Å². The lowest BCUT2D eigenvalue weighted by Gasteiger charge is -2.18. The molecule has 0 saturated heterocycles. The fourth-order valence-corrected chi connectivity index (χ4v) is 2.33. The van der Waals surface area contributed by atoms with E-state index in [1.54, 1.807) is 36.5 Å². The first-order valence-electron chi connectivity index (χ1n) is 7.41. The highest BCUT2D eigenvalue weighted by Crippen LogP contribution is 2.19. The molecule has 0 aliphatic rings. The van der Waals surface area contributed by atoms with E-state index < -0.39 is 6.04 Å². The van der Waals surface area contributed by atoms with Crippen molar-refractivity contribution in [1.82, 2.24) is 15.6 Å². The number of benzene rings is 1. The van der Waals surface area contributed by atoms with E-state index in [9.17, 15) is 14.4 Å². The van der Waals surface area contributed by atoms with Gasteiger partial charge in [0.25, 0.3) is 0 Å². The van der Waals surface area contributed by atoms with Crippen molar-refractivity contribution in [3.05, 3.63) is 69.1 Å². The minimum Gasteiger partial charge on any atom is -0.352 e. The van der Waals surface area contributed by atoms with Crippen LogP contribution in [0.25, 0.3) is 0 Å². The van der Waals surface area contributed by atoms with Crippen molar-refractivity contribution in [3.63, 3.8) is 0 Å². The smallest absolute Gasteiger partial charge is 0.247 e. The monoisotopic (exact) mass is 347 g/mol. The highest BCUT2D eigenvalue weighted by molar-refractivity contribution is 6.30. The van der Waals surface area contributed by atoms with Crippen LogP contribution in [0.3, 0.4) is 0 Å². The molecule has 1 unspecified atom stereocenters. The van der Waals surface area contributed by atoms with Gasteiger partial charge in [-0.05, 0) is 23.3 Å². The number of hydrogen-bond acceptors (Lipinski definition) is 3. The van der Waals surface area contributed by atoms with Crippen LogP contribution in [0.4, 0.5) is 0 Å². The van der Waals surface area contributed by atoms with Gasteiger partial charge in [-0.25, -0.2) is 0 Å². The quantitative estimate of drug-likeness (QED) is 0.745. The Morgan fingerprint density at radius 1 is 1.17 bits per heavy atom. The number of hydrogen-bond donors (Lipinski definition) is 3. The molecule has 1 atom stereocenters. The largest absolute Gasteiger partial charge is 0.352 e. The van der Waals surface area contributed by atoms with Crippen LogP contribution in [-0.2, 0) is 16.1 Å². The van der Waals surface area contributed by atoms with E-state index in [1.165, 1.54) is 13.0 Å². The first kappa shape index (κ1) is 17.7. The number of aromatic nitrogens is 1. The average molecular weight is 348 g/mol. The SMILES string of the molecule is CC(=O)NC(CC(=O)NCc1ccc(=O)[nH]c1)c1ccc(Cl)cc1. The van der Waals surface area contributed by atoms with Crippen LogP contribution in [0.1, 0.15) is 30.5 Å². The standard InChI is InChI=1S/C17H18ClN3O3/c1-11(22)21-15(13-3-5-14(18)6-4-13)8-17(24)20-10-12-2-7-16(23)19-9-12/h2-7,9,15H,8,10H2,1H3,(H,19,23)(H,20,24)(H,21,22). The predicted octanol–water partition coefficient (Wildman–Crippen LogP) is 1.91. The molecule has 6 nitrogen and oxygen atoms in total. The minimum absolute atomic E-state index is 0.102. The fraction of sp³-hybridized carbons (Fsp3) is 0.235. The van der Waals surface area contributed by atoms with Gasteiger partial charge in [0.1, 0.15) is 0 Å². The van der Waals surface area contributed by atoms with Gasteiger partial charge in [0.05, 0.1) is 12.5 Å². The molecule has 0 spiro atoms. The third-order valence-corrected chi connectivity index (χ3v) is 3.63. The number of H-pyrrole nitrogens is 1. The summed E-state index contributed by atoms with van der Waals surface area (Å²) in [4.78, 5) is 37.1. The number of carbonyl (C=O) groups is 2. The summed E-state index contributed by atoms with van der Waals surface area (Å²) < 4.78 is 0. The van der Waals surface area contributed by atoms with Gasteiger partial charge in [0.15, 0.2) is 0 Å². The van der Waals surface area contributed by atoms with E-state index in [2.05, 4.69) is 15.6 Å². The summed E-state index contributed by atoms with van der Waals surface area (Å²) in [5.41, 5.74) is 1.39. The van der Waals surface area contributed by atoms with E-state index in [-0.39, 0.29) is 23.8 Å². The van der Waals surface area contributed by atoms with Gasteiger partial charge in [0.2, 0.25) is 17.4 Å². The molecule has 0 bridgehead atoms. The minimum atomic E-state index is -0.435. The zero-order valence-corrected chi connectivity index (χ0v) is 13.9. The van der Waals surface area contributed by atoms with Gasteiger partial charge in [0, 0.05) is 30.8 Å². The van der Waals surface area contributed by atoms with Crippen LogP contribution in [-0.4, -0.2) is 16.8 Å². The molecule has 1 aromatic carbocycles. The fourth-order valence-electron chi connectivity index (χ4n) is 2.20. The molecule has 2 amide bonds. The first-order chi connectivity index (χ1) is 11.4. The summed E-state index contributed by atoms with van der Waals surface area (Å²) in [5.74, 6) is -0.432. The molecule has 2 rings (SSSR count). The Kier molecular flexibility index (Phi) is 6.14. The summed E-state index contributed by atoms with van der Waals surface area (Å²) in [6.45, 7) is 1.70. The van der Waals surface area contributed by atoms with Crippen LogP contribution < -0.4 is 16.2 Å². The summed E-state index contributed by atoms with van der Waals surface area (Å²) >= 11 is 5.86. The first-order valence-corrected chi connectivity index (χ1v) is 7.78. The van der Waals surface area contributed by atoms with E-state index in [0.29, 0.717) is 11.6 Å². The molecule has 7 heteroatoms. The maximum absolute atomic E-state index is 12.2. The lowest BCUT2D eigenvalue weighted by Crippen LogP contribution is -2.32. The Balaban J connectivity index is 1.98. The summed E-state index contributed by atoms with van der Waals surface area (Å²) in [5, 5.41) is 6.11. The van der Waals surface area contributed by atoms with E-state index >= 15 is 0 Å². The van der Waals surface area contributed by atoms with Gasteiger partial charge in [-0.2, -0.15) is 0 Å².